The predicted molar refractivity (Wildman–Crippen MR) is 125 cm³/mol. The number of para-hydroxylation sites is 2. The van der Waals surface area contributed by atoms with Gasteiger partial charge in [0.15, 0.2) is 24.1 Å². The second-order valence-corrected chi connectivity index (χ2v) is 6.44. The predicted octanol–water partition coefficient (Wildman–Crippen LogP) is 4.39. The Morgan fingerprint density at radius 3 is 2.42 bits per heavy atom. The van der Waals surface area contributed by atoms with Crippen molar-refractivity contribution in [2.24, 2.45) is 4.99 Å². The molecule has 0 saturated heterocycles. The van der Waals surface area contributed by atoms with E-state index in [4.69, 9.17) is 14.2 Å². The molecule has 0 spiro atoms. The summed E-state index contributed by atoms with van der Waals surface area (Å²) in [5.74, 6) is 1.99. The fourth-order valence-electron chi connectivity index (χ4n) is 2.53. The molecule has 0 bridgehead atoms. The Hall–Kier alpha value is -2.37. The van der Waals surface area contributed by atoms with E-state index in [1.807, 2.05) is 31.2 Å². The number of halogens is 4. The Morgan fingerprint density at radius 1 is 1.06 bits per heavy atom. The van der Waals surface area contributed by atoms with Crippen molar-refractivity contribution in [2.45, 2.75) is 25.7 Å². The smallest absolute Gasteiger partial charge is 0.422 e. The number of hydrogen-bond donors (Lipinski definition) is 2. The van der Waals surface area contributed by atoms with E-state index in [0.717, 1.165) is 5.56 Å². The molecule has 172 valence electrons. The topological polar surface area (TPSA) is 64.1 Å². The molecule has 2 aromatic carbocycles. The Balaban J connectivity index is 0.00000480. The number of nitrogens with one attached hydrogen (secondary N) is 2. The minimum atomic E-state index is -4.37. The molecule has 2 aromatic rings. The summed E-state index contributed by atoms with van der Waals surface area (Å²) in [5.41, 5.74) is 0.760. The highest BCUT2D eigenvalue weighted by molar-refractivity contribution is 14.0. The van der Waals surface area contributed by atoms with Crippen molar-refractivity contribution < 1.29 is 27.4 Å². The van der Waals surface area contributed by atoms with Gasteiger partial charge >= 0.3 is 6.18 Å². The van der Waals surface area contributed by atoms with E-state index in [1.165, 1.54) is 6.07 Å². The van der Waals surface area contributed by atoms with Crippen LogP contribution in [-0.4, -0.2) is 45.5 Å². The van der Waals surface area contributed by atoms with Gasteiger partial charge in [-0.3, -0.25) is 4.99 Å². The molecule has 10 heteroatoms. The van der Waals surface area contributed by atoms with Crippen molar-refractivity contribution in [1.29, 1.82) is 0 Å². The number of rotatable bonds is 9. The molecule has 0 aliphatic heterocycles. The maximum Gasteiger partial charge on any atom is 0.422 e. The molecule has 0 fully saturated rings. The summed E-state index contributed by atoms with van der Waals surface area (Å²) < 4.78 is 52.8. The number of alkyl halides is 3. The maximum absolute atomic E-state index is 12.3. The summed E-state index contributed by atoms with van der Waals surface area (Å²) in [7, 11) is 3.21. The minimum Gasteiger partial charge on any atom is -0.493 e. The fraction of sp³-hybridized carbons (Fsp3) is 0.381. The van der Waals surface area contributed by atoms with Crippen molar-refractivity contribution in [1.82, 2.24) is 10.6 Å². The molecule has 1 unspecified atom stereocenters. The highest BCUT2D eigenvalue weighted by atomic mass is 127. The van der Waals surface area contributed by atoms with Crippen LogP contribution in [0.15, 0.2) is 53.5 Å². The first-order valence-corrected chi connectivity index (χ1v) is 9.33. The highest BCUT2D eigenvalue weighted by Gasteiger charge is 2.28. The van der Waals surface area contributed by atoms with Crippen LogP contribution in [-0.2, 0) is 6.54 Å². The van der Waals surface area contributed by atoms with Gasteiger partial charge in [0.2, 0.25) is 0 Å². The molecule has 0 aliphatic carbocycles. The second-order valence-electron chi connectivity index (χ2n) is 6.44. The monoisotopic (exact) mass is 553 g/mol. The molecule has 0 aromatic heterocycles. The van der Waals surface area contributed by atoms with Gasteiger partial charge in [0.25, 0.3) is 0 Å². The summed E-state index contributed by atoms with van der Waals surface area (Å²) >= 11 is 0. The summed E-state index contributed by atoms with van der Waals surface area (Å²) in [4.78, 5) is 4.14. The average Bonchev–Trinajstić information content (AvgIpc) is 2.72. The normalized spacial score (nSPS) is 12.4. The number of ether oxygens (including phenoxy) is 3. The Kier molecular flexibility index (Phi) is 11.3. The molecule has 1 atom stereocenters. The quantitative estimate of drug-likeness (QED) is 0.274. The second kappa shape index (κ2) is 13.1. The van der Waals surface area contributed by atoms with E-state index < -0.39 is 12.8 Å². The SMILES string of the molecule is CN=C(NCc1cccc(OCC(F)(F)F)c1)NCC(C)Oc1ccccc1OC.I. The van der Waals surface area contributed by atoms with E-state index in [0.29, 0.717) is 30.5 Å². The van der Waals surface area contributed by atoms with Crippen LogP contribution in [0.25, 0.3) is 0 Å². The number of benzene rings is 2. The first-order valence-electron chi connectivity index (χ1n) is 9.33. The lowest BCUT2D eigenvalue weighted by Gasteiger charge is -2.19. The number of guanidine groups is 1. The van der Waals surface area contributed by atoms with Gasteiger partial charge in [-0.15, -0.1) is 24.0 Å². The Bertz CT molecular complexity index is 835. The van der Waals surface area contributed by atoms with E-state index in [-0.39, 0.29) is 35.8 Å². The molecule has 0 aliphatic rings. The van der Waals surface area contributed by atoms with Crippen LogP contribution in [0.1, 0.15) is 12.5 Å². The van der Waals surface area contributed by atoms with Crippen LogP contribution in [0.5, 0.6) is 17.2 Å². The molecule has 31 heavy (non-hydrogen) atoms. The molecule has 6 nitrogen and oxygen atoms in total. The van der Waals surface area contributed by atoms with Crippen molar-refractivity contribution in [2.75, 3.05) is 27.3 Å². The van der Waals surface area contributed by atoms with E-state index in [1.54, 1.807) is 32.4 Å². The van der Waals surface area contributed by atoms with Gasteiger partial charge in [-0.05, 0) is 36.8 Å². The van der Waals surface area contributed by atoms with Crippen LogP contribution in [0.4, 0.5) is 13.2 Å². The minimum absolute atomic E-state index is 0. The van der Waals surface area contributed by atoms with Gasteiger partial charge in [0, 0.05) is 13.6 Å². The fourth-order valence-corrected chi connectivity index (χ4v) is 2.53. The zero-order chi connectivity index (χ0) is 22.0. The molecule has 0 heterocycles. The van der Waals surface area contributed by atoms with E-state index in [2.05, 4.69) is 15.6 Å². The summed E-state index contributed by atoms with van der Waals surface area (Å²) in [6.07, 6.45) is -4.54. The van der Waals surface area contributed by atoms with Crippen LogP contribution < -0.4 is 24.8 Å². The van der Waals surface area contributed by atoms with Gasteiger partial charge < -0.3 is 24.8 Å². The van der Waals surface area contributed by atoms with Crippen molar-refractivity contribution >= 4 is 29.9 Å². The van der Waals surface area contributed by atoms with Crippen molar-refractivity contribution in [3.05, 3.63) is 54.1 Å². The van der Waals surface area contributed by atoms with Gasteiger partial charge in [-0.1, -0.05) is 24.3 Å². The van der Waals surface area contributed by atoms with Crippen LogP contribution in [0, 0.1) is 0 Å². The third kappa shape index (κ3) is 9.99. The molecule has 0 radical (unpaired) electrons. The third-order valence-electron chi connectivity index (χ3n) is 3.94. The van der Waals surface area contributed by atoms with Gasteiger partial charge in [-0.25, -0.2) is 0 Å². The van der Waals surface area contributed by atoms with Crippen LogP contribution >= 0.6 is 24.0 Å². The number of aliphatic imine (C=N–C) groups is 1. The highest BCUT2D eigenvalue weighted by Crippen LogP contribution is 2.26. The Morgan fingerprint density at radius 2 is 1.77 bits per heavy atom. The standard InChI is InChI=1S/C21H26F3N3O3.HI/c1-15(30-19-10-5-4-9-18(19)28-3)12-26-20(25-2)27-13-16-7-6-8-17(11-16)29-14-21(22,23)24;/h4-11,15H,12-14H2,1-3H3,(H2,25,26,27);1H. The van der Waals surface area contributed by atoms with Gasteiger partial charge in [-0.2, -0.15) is 13.2 Å². The molecule has 2 N–H and O–H groups in total. The lowest BCUT2D eigenvalue weighted by atomic mass is 10.2. The molecular weight excluding hydrogens is 526 g/mol. The molecule has 2 rings (SSSR count). The summed E-state index contributed by atoms with van der Waals surface area (Å²) in [5, 5.41) is 6.26. The molecule has 0 amide bonds. The number of methoxy groups -OCH3 is 1. The van der Waals surface area contributed by atoms with Gasteiger partial charge in [0.1, 0.15) is 11.9 Å². The van der Waals surface area contributed by atoms with E-state index in [9.17, 15) is 13.2 Å². The lowest BCUT2D eigenvalue weighted by molar-refractivity contribution is -0.153. The zero-order valence-corrected chi connectivity index (χ0v) is 19.9. The molecular formula is C21H27F3IN3O3. The first kappa shape index (κ1) is 26.7. The van der Waals surface area contributed by atoms with Crippen molar-refractivity contribution in [3.8, 4) is 17.2 Å². The average molecular weight is 553 g/mol. The largest absolute Gasteiger partial charge is 0.493 e. The van der Waals surface area contributed by atoms with E-state index >= 15 is 0 Å². The van der Waals surface area contributed by atoms with Crippen LogP contribution in [0.3, 0.4) is 0 Å². The first-order chi connectivity index (χ1) is 14.3. The van der Waals surface area contributed by atoms with Crippen molar-refractivity contribution in [3.63, 3.8) is 0 Å². The molecule has 0 saturated carbocycles. The number of nitrogens with zero attached hydrogens (tertiary/aromatic N) is 1. The summed E-state index contributed by atoms with van der Waals surface area (Å²) in [6.45, 7) is 1.43. The number of hydrogen-bond acceptors (Lipinski definition) is 4. The Labute approximate surface area is 197 Å². The lowest BCUT2D eigenvalue weighted by Crippen LogP contribution is -2.41. The summed E-state index contributed by atoms with van der Waals surface area (Å²) in [6, 6.07) is 13.8. The maximum atomic E-state index is 12.3. The third-order valence-corrected chi connectivity index (χ3v) is 3.94. The van der Waals surface area contributed by atoms with Gasteiger partial charge in [0.05, 0.1) is 13.7 Å². The van der Waals surface area contributed by atoms with Crippen LogP contribution in [0.2, 0.25) is 0 Å². The zero-order valence-electron chi connectivity index (χ0n) is 17.5.